The molecule has 0 spiro atoms. The fraction of sp³-hybridized carbons (Fsp3) is 0.529. The van der Waals surface area contributed by atoms with Gasteiger partial charge in [-0.05, 0) is 24.8 Å². The molecule has 1 aliphatic carbocycles. The van der Waals surface area contributed by atoms with Gasteiger partial charge in [0, 0.05) is 19.3 Å². The van der Waals surface area contributed by atoms with Gasteiger partial charge in [0.25, 0.3) is 0 Å². The molecule has 1 aromatic heterocycles. The maximum absolute atomic E-state index is 4.23. The van der Waals surface area contributed by atoms with Gasteiger partial charge < -0.3 is 5.32 Å². The fourth-order valence-corrected chi connectivity index (χ4v) is 3.00. The second kappa shape index (κ2) is 6.39. The number of hydrogen-bond acceptors (Lipinski definition) is 3. The Morgan fingerprint density at radius 3 is 2.62 bits per heavy atom. The van der Waals surface area contributed by atoms with Crippen LogP contribution in [0.25, 0.3) is 0 Å². The first kappa shape index (κ1) is 14.3. The summed E-state index contributed by atoms with van der Waals surface area (Å²) in [7, 11) is 1.91. The Morgan fingerprint density at radius 2 is 2.05 bits per heavy atom. The summed E-state index contributed by atoms with van der Waals surface area (Å²) < 4.78 is 1.76. The molecule has 0 bridgehead atoms. The standard InChI is InChI=1S/C17H24N4/c1-13(17-12-21(2)20-19-17)18-16(11-14-7-6-8-14)15-9-4-3-5-10-15/h3-5,9-10,12-14,16,18H,6-8,11H2,1-2H3/t13-,16-/m0/s1. The molecule has 3 rings (SSSR count). The van der Waals surface area contributed by atoms with E-state index in [-0.39, 0.29) is 6.04 Å². The molecule has 1 heterocycles. The molecule has 0 radical (unpaired) electrons. The van der Waals surface area contributed by atoms with Gasteiger partial charge >= 0.3 is 0 Å². The molecule has 112 valence electrons. The lowest BCUT2D eigenvalue weighted by atomic mass is 9.79. The molecule has 1 fully saturated rings. The van der Waals surface area contributed by atoms with E-state index < -0.39 is 0 Å². The van der Waals surface area contributed by atoms with Crippen molar-refractivity contribution in [2.75, 3.05) is 0 Å². The van der Waals surface area contributed by atoms with Crippen LogP contribution >= 0.6 is 0 Å². The topological polar surface area (TPSA) is 42.7 Å². The summed E-state index contributed by atoms with van der Waals surface area (Å²) in [5, 5.41) is 12.0. The van der Waals surface area contributed by atoms with Crippen molar-refractivity contribution in [1.29, 1.82) is 0 Å². The third kappa shape index (κ3) is 3.50. The van der Waals surface area contributed by atoms with E-state index in [2.05, 4.69) is 52.9 Å². The van der Waals surface area contributed by atoms with Gasteiger partial charge in [0.05, 0.1) is 11.7 Å². The number of rotatable bonds is 6. The Bertz CT molecular complexity index is 559. The summed E-state index contributed by atoms with van der Waals surface area (Å²) in [4.78, 5) is 0. The second-order valence-corrected chi connectivity index (χ2v) is 6.20. The maximum Gasteiger partial charge on any atom is 0.0993 e. The summed E-state index contributed by atoms with van der Waals surface area (Å²) >= 11 is 0. The lowest BCUT2D eigenvalue weighted by molar-refractivity contribution is 0.253. The molecule has 1 N–H and O–H groups in total. The monoisotopic (exact) mass is 284 g/mol. The van der Waals surface area contributed by atoms with Gasteiger partial charge in [0.1, 0.15) is 0 Å². The predicted molar refractivity (Wildman–Crippen MR) is 83.7 cm³/mol. The van der Waals surface area contributed by atoms with Crippen molar-refractivity contribution >= 4 is 0 Å². The van der Waals surface area contributed by atoms with Crippen molar-refractivity contribution in [1.82, 2.24) is 20.3 Å². The van der Waals surface area contributed by atoms with Crippen molar-refractivity contribution in [3.05, 3.63) is 47.8 Å². The molecule has 0 amide bonds. The summed E-state index contributed by atoms with van der Waals surface area (Å²) in [6.45, 7) is 2.17. The lowest BCUT2D eigenvalue weighted by Crippen LogP contribution is -2.28. The van der Waals surface area contributed by atoms with Crippen LogP contribution in [0.15, 0.2) is 36.5 Å². The van der Waals surface area contributed by atoms with E-state index in [1.807, 2.05) is 13.2 Å². The normalized spacial score (nSPS) is 18.2. The van der Waals surface area contributed by atoms with Crippen molar-refractivity contribution < 1.29 is 0 Å². The van der Waals surface area contributed by atoms with E-state index in [0.29, 0.717) is 6.04 Å². The van der Waals surface area contributed by atoms with Crippen LogP contribution in [0, 0.1) is 5.92 Å². The Balaban J connectivity index is 1.72. The molecule has 0 unspecified atom stereocenters. The first-order valence-corrected chi connectivity index (χ1v) is 7.89. The van der Waals surface area contributed by atoms with E-state index in [4.69, 9.17) is 0 Å². The summed E-state index contributed by atoms with van der Waals surface area (Å²) in [6, 6.07) is 11.4. The molecule has 1 aliphatic rings. The van der Waals surface area contributed by atoms with Gasteiger partial charge in [-0.15, -0.1) is 5.10 Å². The van der Waals surface area contributed by atoms with E-state index in [1.165, 1.54) is 31.2 Å². The highest BCUT2D eigenvalue weighted by Gasteiger charge is 2.24. The third-order valence-corrected chi connectivity index (χ3v) is 4.51. The van der Waals surface area contributed by atoms with Gasteiger partial charge in [-0.2, -0.15) is 0 Å². The van der Waals surface area contributed by atoms with Gasteiger partial charge in [-0.3, -0.25) is 4.68 Å². The first-order chi connectivity index (χ1) is 10.2. The highest BCUT2D eigenvalue weighted by molar-refractivity contribution is 5.19. The summed E-state index contributed by atoms with van der Waals surface area (Å²) in [6.07, 6.45) is 7.36. The van der Waals surface area contributed by atoms with Crippen LogP contribution in [-0.2, 0) is 7.05 Å². The third-order valence-electron chi connectivity index (χ3n) is 4.51. The average Bonchev–Trinajstić information content (AvgIpc) is 2.89. The van der Waals surface area contributed by atoms with Gasteiger partial charge in [0.15, 0.2) is 0 Å². The average molecular weight is 284 g/mol. The first-order valence-electron chi connectivity index (χ1n) is 7.89. The van der Waals surface area contributed by atoms with Gasteiger partial charge in [-0.25, -0.2) is 0 Å². The minimum Gasteiger partial charge on any atom is -0.302 e. The summed E-state index contributed by atoms with van der Waals surface area (Å²) in [5.41, 5.74) is 2.38. The van der Waals surface area contributed by atoms with Crippen LogP contribution in [0.4, 0.5) is 0 Å². The molecular formula is C17H24N4. The molecule has 2 aromatic rings. The molecule has 1 saturated carbocycles. The van der Waals surface area contributed by atoms with E-state index in [1.54, 1.807) is 4.68 Å². The van der Waals surface area contributed by atoms with Crippen molar-refractivity contribution in [2.45, 2.75) is 44.7 Å². The maximum atomic E-state index is 4.23. The fourth-order valence-electron chi connectivity index (χ4n) is 3.00. The number of nitrogens with zero attached hydrogens (tertiary/aromatic N) is 3. The highest BCUT2D eigenvalue weighted by Crippen LogP contribution is 2.35. The Kier molecular flexibility index (Phi) is 4.34. The van der Waals surface area contributed by atoms with Crippen molar-refractivity contribution in [3.8, 4) is 0 Å². The van der Waals surface area contributed by atoms with Crippen molar-refractivity contribution in [2.24, 2.45) is 13.0 Å². The Hall–Kier alpha value is -1.68. The van der Waals surface area contributed by atoms with E-state index in [0.717, 1.165) is 11.6 Å². The molecule has 2 atom stereocenters. The molecular weight excluding hydrogens is 260 g/mol. The molecule has 0 aliphatic heterocycles. The largest absolute Gasteiger partial charge is 0.302 e. The van der Waals surface area contributed by atoms with Gasteiger partial charge in [0.2, 0.25) is 0 Å². The zero-order valence-electron chi connectivity index (χ0n) is 12.9. The van der Waals surface area contributed by atoms with Crippen LogP contribution in [0.1, 0.15) is 55.9 Å². The van der Waals surface area contributed by atoms with Crippen LogP contribution < -0.4 is 5.32 Å². The molecule has 21 heavy (non-hydrogen) atoms. The SMILES string of the molecule is C[C@H](N[C@@H](CC1CCC1)c1ccccc1)c1cn(C)nn1. The van der Waals surface area contributed by atoms with E-state index >= 15 is 0 Å². The minimum atomic E-state index is 0.212. The van der Waals surface area contributed by atoms with Crippen LogP contribution in [0.2, 0.25) is 0 Å². The summed E-state index contributed by atoms with van der Waals surface area (Å²) in [5.74, 6) is 0.872. The quantitative estimate of drug-likeness (QED) is 0.884. The Morgan fingerprint density at radius 1 is 1.29 bits per heavy atom. The zero-order chi connectivity index (χ0) is 14.7. The van der Waals surface area contributed by atoms with Gasteiger partial charge in [-0.1, -0.05) is 54.8 Å². The highest BCUT2D eigenvalue weighted by atomic mass is 15.4. The smallest absolute Gasteiger partial charge is 0.0993 e. The Labute approximate surface area is 126 Å². The van der Waals surface area contributed by atoms with Crippen molar-refractivity contribution in [3.63, 3.8) is 0 Å². The molecule has 4 nitrogen and oxygen atoms in total. The number of nitrogens with one attached hydrogen (secondary N) is 1. The second-order valence-electron chi connectivity index (χ2n) is 6.20. The number of benzene rings is 1. The number of aromatic nitrogens is 3. The van der Waals surface area contributed by atoms with Crippen LogP contribution in [-0.4, -0.2) is 15.0 Å². The zero-order valence-corrected chi connectivity index (χ0v) is 12.9. The number of aryl methyl sites for hydroxylation is 1. The number of hydrogen-bond donors (Lipinski definition) is 1. The molecule has 4 heteroatoms. The lowest BCUT2D eigenvalue weighted by Gasteiger charge is -2.31. The molecule has 1 aromatic carbocycles. The van der Waals surface area contributed by atoms with E-state index in [9.17, 15) is 0 Å². The van der Waals surface area contributed by atoms with Crippen LogP contribution in [0.5, 0.6) is 0 Å². The minimum absolute atomic E-state index is 0.212. The predicted octanol–water partition coefficient (Wildman–Crippen LogP) is 3.40. The van der Waals surface area contributed by atoms with Crippen LogP contribution in [0.3, 0.4) is 0 Å². The molecule has 0 saturated heterocycles.